The van der Waals surface area contributed by atoms with Crippen molar-refractivity contribution < 1.29 is 14.7 Å². The zero-order valence-electron chi connectivity index (χ0n) is 11.1. The average Bonchev–Trinajstić information content (AvgIpc) is 2.46. The average molecular weight is 298 g/mol. The Labute approximate surface area is 122 Å². The minimum Gasteiger partial charge on any atom is -0.384 e. The van der Waals surface area contributed by atoms with Gasteiger partial charge >= 0.3 is 0 Å². The predicted octanol–water partition coefficient (Wildman–Crippen LogP) is 0.400. The number of hydrogen-bond acceptors (Lipinski definition) is 4. The van der Waals surface area contributed by atoms with Crippen molar-refractivity contribution in [1.82, 2.24) is 14.8 Å². The zero-order valence-corrected chi connectivity index (χ0v) is 11.9. The van der Waals surface area contributed by atoms with Crippen LogP contribution in [0.15, 0.2) is 18.3 Å². The molecule has 0 saturated carbocycles. The summed E-state index contributed by atoms with van der Waals surface area (Å²) in [5, 5.41) is 9.54. The van der Waals surface area contributed by atoms with Crippen molar-refractivity contribution in [3.63, 3.8) is 0 Å². The molecule has 0 aromatic carbocycles. The number of carbonyl (C=O) groups excluding carboxylic acids is 2. The second-order valence-electron chi connectivity index (χ2n) is 4.66. The predicted molar refractivity (Wildman–Crippen MR) is 73.4 cm³/mol. The van der Waals surface area contributed by atoms with Gasteiger partial charge in [-0.15, -0.1) is 0 Å². The van der Waals surface area contributed by atoms with Gasteiger partial charge in [-0.05, 0) is 19.1 Å². The van der Waals surface area contributed by atoms with Gasteiger partial charge in [-0.3, -0.25) is 9.59 Å². The molecule has 1 fully saturated rings. The van der Waals surface area contributed by atoms with Crippen LogP contribution in [0.1, 0.15) is 17.3 Å². The quantitative estimate of drug-likeness (QED) is 0.802. The number of rotatable bonds is 2. The fourth-order valence-electron chi connectivity index (χ4n) is 2.11. The standard InChI is InChI=1S/C13H16ClN3O3/c1-9(18)12(19)16-4-6-17(7-5-16)13(20)10-2-3-15-11(14)8-10/h2-3,8-9,18H,4-7H2,1H3/t9-/m1/s1. The molecule has 20 heavy (non-hydrogen) atoms. The SMILES string of the molecule is C[C@@H](O)C(=O)N1CCN(C(=O)c2ccnc(Cl)c2)CC1. The summed E-state index contributed by atoms with van der Waals surface area (Å²) in [4.78, 5) is 30.9. The molecule has 1 aliphatic rings. The molecule has 2 amide bonds. The van der Waals surface area contributed by atoms with E-state index in [1.807, 2.05) is 0 Å². The van der Waals surface area contributed by atoms with Gasteiger partial charge in [0.15, 0.2) is 0 Å². The first-order chi connectivity index (χ1) is 9.49. The maximum atomic E-state index is 12.2. The van der Waals surface area contributed by atoms with Gasteiger partial charge in [0.2, 0.25) is 0 Å². The van der Waals surface area contributed by atoms with Crippen molar-refractivity contribution in [1.29, 1.82) is 0 Å². The number of aromatic nitrogens is 1. The van der Waals surface area contributed by atoms with Crippen LogP contribution >= 0.6 is 11.6 Å². The summed E-state index contributed by atoms with van der Waals surface area (Å²) in [6.07, 6.45) is 0.485. The lowest BCUT2D eigenvalue weighted by Crippen LogP contribution is -2.52. The lowest BCUT2D eigenvalue weighted by atomic mass is 10.2. The fourth-order valence-corrected chi connectivity index (χ4v) is 2.29. The number of pyridine rings is 1. The third-order valence-electron chi connectivity index (χ3n) is 3.21. The Morgan fingerprint density at radius 1 is 1.30 bits per heavy atom. The van der Waals surface area contributed by atoms with Crippen LogP contribution in [0.25, 0.3) is 0 Å². The number of amides is 2. The van der Waals surface area contributed by atoms with Gasteiger partial charge in [0.05, 0.1) is 0 Å². The molecule has 1 aliphatic heterocycles. The van der Waals surface area contributed by atoms with E-state index in [0.29, 0.717) is 31.7 Å². The first kappa shape index (κ1) is 14.7. The lowest BCUT2D eigenvalue weighted by Gasteiger charge is -2.35. The lowest BCUT2D eigenvalue weighted by molar-refractivity contribution is -0.140. The number of carbonyl (C=O) groups is 2. The summed E-state index contributed by atoms with van der Waals surface area (Å²) in [5.74, 6) is -0.428. The number of aliphatic hydroxyl groups is 1. The van der Waals surface area contributed by atoms with Crippen LogP contribution in [-0.2, 0) is 4.79 Å². The molecule has 0 aliphatic carbocycles. The second-order valence-corrected chi connectivity index (χ2v) is 5.05. The molecule has 2 heterocycles. The van der Waals surface area contributed by atoms with Crippen LogP contribution in [0.4, 0.5) is 0 Å². The zero-order chi connectivity index (χ0) is 14.7. The van der Waals surface area contributed by atoms with Crippen LogP contribution < -0.4 is 0 Å². The number of halogens is 1. The molecule has 6 nitrogen and oxygen atoms in total. The highest BCUT2D eigenvalue weighted by Crippen LogP contribution is 2.12. The molecule has 1 saturated heterocycles. The number of piperazine rings is 1. The van der Waals surface area contributed by atoms with Gasteiger partial charge in [-0.1, -0.05) is 11.6 Å². The maximum Gasteiger partial charge on any atom is 0.254 e. The third-order valence-corrected chi connectivity index (χ3v) is 3.42. The molecule has 2 rings (SSSR count). The summed E-state index contributed by atoms with van der Waals surface area (Å²) >= 11 is 5.76. The van der Waals surface area contributed by atoms with Crippen LogP contribution in [0.2, 0.25) is 5.15 Å². The summed E-state index contributed by atoms with van der Waals surface area (Å²) in [7, 11) is 0. The van der Waals surface area contributed by atoms with Crippen LogP contribution in [0.5, 0.6) is 0 Å². The summed E-state index contributed by atoms with van der Waals surface area (Å²) in [5.41, 5.74) is 0.486. The van der Waals surface area contributed by atoms with Crippen molar-refractivity contribution in [3.8, 4) is 0 Å². The van der Waals surface area contributed by atoms with E-state index >= 15 is 0 Å². The molecule has 0 bridgehead atoms. The van der Waals surface area contributed by atoms with E-state index < -0.39 is 6.10 Å². The Hall–Kier alpha value is -1.66. The highest BCUT2D eigenvalue weighted by molar-refractivity contribution is 6.29. The molecule has 1 aromatic heterocycles. The monoisotopic (exact) mass is 297 g/mol. The Morgan fingerprint density at radius 2 is 1.90 bits per heavy atom. The number of hydrogen-bond donors (Lipinski definition) is 1. The number of aliphatic hydroxyl groups excluding tert-OH is 1. The summed E-state index contributed by atoms with van der Waals surface area (Å²) in [6, 6.07) is 3.14. The van der Waals surface area contributed by atoms with Crippen LogP contribution in [-0.4, -0.2) is 64.0 Å². The van der Waals surface area contributed by atoms with Gasteiger partial charge in [0.25, 0.3) is 11.8 Å². The van der Waals surface area contributed by atoms with Gasteiger partial charge < -0.3 is 14.9 Å². The molecule has 0 spiro atoms. The Kier molecular flexibility index (Phi) is 4.57. The van der Waals surface area contributed by atoms with Crippen LogP contribution in [0, 0.1) is 0 Å². The smallest absolute Gasteiger partial charge is 0.254 e. The molecular weight excluding hydrogens is 282 g/mol. The van der Waals surface area contributed by atoms with Gasteiger partial charge in [0.1, 0.15) is 11.3 Å². The first-order valence-electron chi connectivity index (χ1n) is 6.36. The van der Waals surface area contributed by atoms with Crippen molar-refractivity contribution in [3.05, 3.63) is 29.0 Å². The van der Waals surface area contributed by atoms with E-state index in [1.165, 1.54) is 19.2 Å². The molecule has 7 heteroatoms. The van der Waals surface area contributed by atoms with E-state index in [1.54, 1.807) is 15.9 Å². The van der Waals surface area contributed by atoms with E-state index in [0.717, 1.165) is 0 Å². The van der Waals surface area contributed by atoms with E-state index in [2.05, 4.69) is 4.98 Å². The molecular formula is C13H16ClN3O3. The van der Waals surface area contributed by atoms with Crippen molar-refractivity contribution >= 4 is 23.4 Å². The Balaban J connectivity index is 1.97. The van der Waals surface area contributed by atoms with Gasteiger partial charge in [0, 0.05) is 37.9 Å². The largest absolute Gasteiger partial charge is 0.384 e. The van der Waals surface area contributed by atoms with E-state index in [-0.39, 0.29) is 17.0 Å². The molecule has 0 unspecified atom stereocenters. The van der Waals surface area contributed by atoms with E-state index in [9.17, 15) is 14.7 Å². The van der Waals surface area contributed by atoms with Crippen molar-refractivity contribution in [2.75, 3.05) is 26.2 Å². The maximum absolute atomic E-state index is 12.2. The normalized spacial score (nSPS) is 16.9. The summed E-state index contributed by atoms with van der Waals surface area (Å²) in [6.45, 7) is 3.18. The Morgan fingerprint density at radius 3 is 2.45 bits per heavy atom. The Bertz CT molecular complexity index is 513. The van der Waals surface area contributed by atoms with Crippen LogP contribution in [0.3, 0.4) is 0 Å². The highest BCUT2D eigenvalue weighted by atomic mass is 35.5. The third kappa shape index (κ3) is 3.26. The first-order valence-corrected chi connectivity index (χ1v) is 6.74. The molecule has 0 radical (unpaired) electrons. The van der Waals surface area contributed by atoms with Gasteiger partial charge in [-0.25, -0.2) is 4.98 Å². The summed E-state index contributed by atoms with van der Waals surface area (Å²) < 4.78 is 0. The minimum absolute atomic E-state index is 0.126. The fraction of sp³-hybridized carbons (Fsp3) is 0.462. The molecule has 108 valence electrons. The second kappa shape index (κ2) is 6.19. The molecule has 1 atom stereocenters. The highest BCUT2D eigenvalue weighted by Gasteiger charge is 2.26. The van der Waals surface area contributed by atoms with Crippen molar-refractivity contribution in [2.24, 2.45) is 0 Å². The topological polar surface area (TPSA) is 73.7 Å². The van der Waals surface area contributed by atoms with Gasteiger partial charge in [-0.2, -0.15) is 0 Å². The van der Waals surface area contributed by atoms with E-state index in [4.69, 9.17) is 11.6 Å². The number of nitrogens with zero attached hydrogens (tertiary/aromatic N) is 3. The van der Waals surface area contributed by atoms with Crippen molar-refractivity contribution in [2.45, 2.75) is 13.0 Å². The molecule has 1 aromatic rings. The minimum atomic E-state index is -1.00. The molecule has 1 N–H and O–H groups in total.